The minimum Gasteiger partial charge on any atom is -0.369 e. The van der Waals surface area contributed by atoms with Crippen molar-refractivity contribution >= 4 is 21.7 Å². The van der Waals surface area contributed by atoms with Crippen LogP contribution in [-0.4, -0.2) is 28.0 Å². The summed E-state index contributed by atoms with van der Waals surface area (Å²) in [6, 6.07) is 4.05. The van der Waals surface area contributed by atoms with Gasteiger partial charge in [-0.15, -0.1) is 0 Å². The van der Waals surface area contributed by atoms with Gasteiger partial charge in [-0.25, -0.2) is 9.97 Å². The van der Waals surface area contributed by atoms with E-state index in [0.717, 1.165) is 44.0 Å². The number of anilines is 1. The lowest BCUT2D eigenvalue weighted by molar-refractivity contribution is 0.625. The van der Waals surface area contributed by atoms with Crippen molar-refractivity contribution in [2.45, 2.75) is 19.4 Å². The average Bonchev–Trinajstić information content (AvgIpc) is 2.48. The Labute approximate surface area is 126 Å². The van der Waals surface area contributed by atoms with Gasteiger partial charge in [-0.2, -0.15) is 0 Å². The molecule has 0 unspecified atom stereocenters. The molecule has 0 atom stereocenters. The highest BCUT2D eigenvalue weighted by Crippen LogP contribution is 2.21. The van der Waals surface area contributed by atoms with Crippen molar-refractivity contribution in [2.24, 2.45) is 0 Å². The summed E-state index contributed by atoms with van der Waals surface area (Å²) < 4.78 is 0.655. The highest BCUT2D eigenvalue weighted by atomic mass is 79.9. The second-order valence-electron chi connectivity index (χ2n) is 4.73. The zero-order chi connectivity index (χ0) is 13.8. The van der Waals surface area contributed by atoms with E-state index in [4.69, 9.17) is 0 Å². The summed E-state index contributed by atoms with van der Waals surface area (Å²) in [5.41, 5.74) is 3.54. The third-order valence-electron chi connectivity index (χ3n) is 3.33. The summed E-state index contributed by atoms with van der Waals surface area (Å²) >= 11 is 3.39. The largest absolute Gasteiger partial charge is 0.369 e. The van der Waals surface area contributed by atoms with Crippen LogP contribution >= 0.6 is 15.9 Å². The van der Waals surface area contributed by atoms with E-state index in [-0.39, 0.29) is 0 Å². The van der Waals surface area contributed by atoms with Crippen LogP contribution in [-0.2, 0) is 19.4 Å². The van der Waals surface area contributed by atoms with Gasteiger partial charge in [0.15, 0.2) is 4.73 Å². The van der Waals surface area contributed by atoms with Crippen molar-refractivity contribution < 1.29 is 0 Å². The number of hydrogen-bond acceptors (Lipinski definition) is 5. The minimum absolute atomic E-state index is 0.655. The van der Waals surface area contributed by atoms with E-state index < -0.39 is 0 Å². The van der Waals surface area contributed by atoms with E-state index in [2.05, 4.69) is 47.6 Å². The number of nitrogens with one attached hydrogen (secondary N) is 2. The van der Waals surface area contributed by atoms with E-state index in [1.807, 2.05) is 12.3 Å². The summed E-state index contributed by atoms with van der Waals surface area (Å²) in [5.74, 6) is 0.929. The Balaban J connectivity index is 1.69. The van der Waals surface area contributed by atoms with Gasteiger partial charge < -0.3 is 10.6 Å². The maximum atomic E-state index is 4.46. The first-order valence-corrected chi connectivity index (χ1v) is 7.51. The molecular weight excluding hydrogens is 318 g/mol. The molecule has 0 fully saturated rings. The normalized spacial score (nSPS) is 13.8. The first-order valence-electron chi connectivity index (χ1n) is 6.72. The van der Waals surface area contributed by atoms with Gasteiger partial charge in [0.1, 0.15) is 5.82 Å². The molecule has 6 heteroatoms. The van der Waals surface area contributed by atoms with Gasteiger partial charge in [-0.05, 0) is 34.0 Å². The van der Waals surface area contributed by atoms with Gasteiger partial charge in [0.05, 0.1) is 5.69 Å². The molecule has 0 spiro atoms. The van der Waals surface area contributed by atoms with Gasteiger partial charge in [-0.1, -0.05) is 6.07 Å². The third kappa shape index (κ3) is 3.13. The summed E-state index contributed by atoms with van der Waals surface area (Å²) in [6.07, 6.45) is 5.57. The lowest BCUT2D eigenvalue weighted by atomic mass is 10.1. The highest BCUT2D eigenvalue weighted by Gasteiger charge is 2.16. The topological polar surface area (TPSA) is 62.7 Å². The fourth-order valence-electron chi connectivity index (χ4n) is 2.33. The summed E-state index contributed by atoms with van der Waals surface area (Å²) in [4.78, 5) is 13.0. The first kappa shape index (κ1) is 13.5. The molecule has 0 aliphatic carbocycles. The second-order valence-corrected chi connectivity index (χ2v) is 5.44. The SMILES string of the molecule is Brc1nc2c(c(NCCc3cccnc3)n1)CNCC2. The number of halogens is 1. The molecule has 2 aromatic heterocycles. The number of nitrogens with zero attached hydrogens (tertiary/aromatic N) is 3. The fraction of sp³-hybridized carbons (Fsp3) is 0.357. The standard InChI is InChI=1S/C14H16BrN5/c15-14-19-12-4-6-17-9-11(12)13(20-14)18-7-3-10-2-1-5-16-8-10/h1-2,5,8,17H,3-4,6-7,9H2,(H,18,19,20). The van der Waals surface area contributed by atoms with E-state index in [0.29, 0.717) is 4.73 Å². The molecule has 2 aromatic rings. The van der Waals surface area contributed by atoms with Crippen molar-refractivity contribution in [3.63, 3.8) is 0 Å². The van der Waals surface area contributed by atoms with Crippen LogP contribution < -0.4 is 10.6 Å². The van der Waals surface area contributed by atoms with Gasteiger partial charge in [0, 0.05) is 44.0 Å². The molecule has 1 aliphatic heterocycles. The Morgan fingerprint density at radius 3 is 3.15 bits per heavy atom. The molecule has 3 rings (SSSR count). The zero-order valence-corrected chi connectivity index (χ0v) is 12.7. The number of pyridine rings is 1. The van der Waals surface area contributed by atoms with E-state index in [1.54, 1.807) is 6.20 Å². The van der Waals surface area contributed by atoms with Crippen LogP contribution in [0, 0.1) is 0 Å². The van der Waals surface area contributed by atoms with Crippen molar-refractivity contribution in [1.82, 2.24) is 20.3 Å². The molecular formula is C14H16BrN5. The molecule has 5 nitrogen and oxygen atoms in total. The Morgan fingerprint density at radius 2 is 2.30 bits per heavy atom. The van der Waals surface area contributed by atoms with Crippen molar-refractivity contribution in [1.29, 1.82) is 0 Å². The first-order chi connectivity index (χ1) is 9.83. The summed E-state index contributed by atoms with van der Waals surface area (Å²) in [5, 5.41) is 6.78. The second kappa shape index (κ2) is 6.28. The lowest BCUT2D eigenvalue weighted by Gasteiger charge is -2.19. The highest BCUT2D eigenvalue weighted by molar-refractivity contribution is 9.10. The summed E-state index contributed by atoms with van der Waals surface area (Å²) in [6.45, 7) is 2.64. The molecule has 104 valence electrons. The Bertz CT molecular complexity index is 588. The molecule has 3 heterocycles. The van der Waals surface area contributed by atoms with Crippen LogP contribution in [0.4, 0.5) is 5.82 Å². The molecule has 0 aromatic carbocycles. The Morgan fingerprint density at radius 1 is 1.35 bits per heavy atom. The van der Waals surface area contributed by atoms with E-state index in [1.165, 1.54) is 11.1 Å². The van der Waals surface area contributed by atoms with Crippen LogP contribution in [0.1, 0.15) is 16.8 Å². The van der Waals surface area contributed by atoms with Crippen molar-refractivity contribution in [3.05, 3.63) is 46.1 Å². The van der Waals surface area contributed by atoms with Crippen LogP contribution in [0.5, 0.6) is 0 Å². The molecule has 0 radical (unpaired) electrons. The van der Waals surface area contributed by atoms with Gasteiger partial charge in [0.2, 0.25) is 0 Å². The van der Waals surface area contributed by atoms with Crippen molar-refractivity contribution in [2.75, 3.05) is 18.4 Å². The van der Waals surface area contributed by atoms with Crippen LogP contribution in [0.25, 0.3) is 0 Å². The molecule has 1 aliphatic rings. The Kier molecular flexibility index (Phi) is 4.22. The number of rotatable bonds is 4. The molecule has 0 saturated heterocycles. The maximum Gasteiger partial charge on any atom is 0.198 e. The van der Waals surface area contributed by atoms with Gasteiger partial charge >= 0.3 is 0 Å². The summed E-state index contributed by atoms with van der Waals surface area (Å²) in [7, 11) is 0. The lowest BCUT2D eigenvalue weighted by Crippen LogP contribution is -2.26. The van der Waals surface area contributed by atoms with Crippen LogP contribution in [0.3, 0.4) is 0 Å². The third-order valence-corrected chi connectivity index (χ3v) is 3.69. The van der Waals surface area contributed by atoms with Crippen molar-refractivity contribution in [3.8, 4) is 0 Å². The smallest absolute Gasteiger partial charge is 0.198 e. The average molecular weight is 334 g/mol. The van der Waals surface area contributed by atoms with E-state index in [9.17, 15) is 0 Å². The van der Waals surface area contributed by atoms with Crippen LogP contribution in [0.2, 0.25) is 0 Å². The molecule has 0 amide bonds. The van der Waals surface area contributed by atoms with E-state index >= 15 is 0 Å². The molecule has 0 saturated carbocycles. The molecule has 2 N–H and O–H groups in total. The number of hydrogen-bond donors (Lipinski definition) is 2. The quantitative estimate of drug-likeness (QED) is 0.837. The van der Waals surface area contributed by atoms with Crippen LogP contribution in [0.15, 0.2) is 29.3 Å². The number of aromatic nitrogens is 3. The monoisotopic (exact) mass is 333 g/mol. The predicted octanol–water partition coefficient (Wildman–Crippen LogP) is 1.93. The minimum atomic E-state index is 0.655. The predicted molar refractivity (Wildman–Crippen MR) is 81.6 cm³/mol. The maximum absolute atomic E-state index is 4.46. The zero-order valence-electron chi connectivity index (χ0n) is 11.1. The Hall–Kier alpha value is -1.53. The number of fused-ring (bicyclic) bond motifs is 1. The fourth-order valence-corrected chi connectivity index (χ4v) is 2.72. The molecule has 0 bridgehead atoms. The van der Waals surface area contributed by atoms with Gasteiger partial charge in [-0.3, -0.25) is 4.98 Å². The van der Waals surface area contributed by atoms with Gasteiger partial charge in [0.25, 0.3) is 0 Å². The molecule has 20 heavy (non-hydrogen) atoms.